The zero-order valence-electron chi connectivity index (χ0n) is 10.2. The maximum absolute atomic E-state index is 11.5. The molecule has 0 atom stereocenters. The predicted octanol–water partition coefficient (Wildman–Crippen LogP) is -0.710. The molecule has 0 aromatic heterocycles. The molecule has 2 amide bonds. The van der Waals surface area contributed by atoms with Crippen molar-refractivity contribution < 1.29 is 9.59 Å². The van der Waals surface area contributed by atoms with Crippen molar-refractivity contribution >= 4 is 11.8 Å². The SMILES string of the molecule is C#CC(=O)N1CCN(CC(=O)NCCC)CC1. The molecule has 0 bridgehead atoms. The van der Waals surface area contributed by atoms with Crippen LogP contribution in [0.2, 0.25) is 0 Å². The van der Waals surface area contributed by atoms with Crippen molar-refractivity contribution in [1.29, 1.82) is 0 Å². The lowest BCUT2D eigenvalue weighted by Crippen LogP contribution is -2.50. The highest BCUT2D eigenvalue weighted by Gasteiger charge is 2.20. The quantitative estimate of drug-likeness (QED) is 0.657. The molecule has 0 saturated carbocycles. The minimum atomic E-state index is -0.264. The summed E-state index contributed by atoms with van der Waals surface area (Å²) in [4.78, 5) is 26.4. The number of hydrogen-bond acceptors (Lipinski definition) is 3. The molecule has 17 heavy (non-hydrogen) atoms. The lowest BCUT2D eigenvalue weighted by atomic mass is 10.3. The molecule has 1 saturated heterocycles. The minimum absolute atomic E-state index is 0.0450. The van der Waals surface area contributed by atoms with Crippen LogP contribution in [-0.4, -0.2) is 60.9 Å². The molecular formula is C12H19N3O2. The number of terminal acetylenes is 1. The third-order valence-electron chi connectivity index (χ3n) is 2.72. The Balaban J connectivity index is 2.26. The predicted molar refractivity (Wildman–Crippen MR) is 65.2 cm³/mol. The minimum Gasteiger partial charge on any atom is -0.355 e. The third kappa shape index (κ3) is 4.45. The number of hydrogen-bond donors (Lipinski definition) is 1. The van der Waals surface area contributed by atoms with Gasteiger partial charge in [0.2, 0.25) is 5.91 Å². The van der Waals surface area contributed by atoms with Crippen LogP contribution < -0.4 is 5.32 Å². The van der Waals surface area contributed by atoms with Gasteiger partial charge < -0.3 is 10.2 Å². The van der Waals surface area contributed by atoms with Gasteiger partial charge >= 0.3 is 0 Å². The fourth-order valence-electron chi connectivity index (χ4n) is 1.72. The summed E-state index contributed by atoms with van der Waals surface area (Å²) >= 11 is 0. The lowest BCUT2D eigenvalue weighted by molar-refractivity contribution is -0.127. The van der Waals surface area contributed by atoms with Gasteiger partial charge in [0, 0.05) is 32.7 Å². The van der Waals surface area contributed by atoms with E-state index in [2.05, 4.69) is 11.2 Å². The number of rotatable bonds is 4. The Labute approximate surface area is 102 Å². The first-order chi connectivity index (χ1) is 8.17. The maximum Gasteiger partial charge on any atom is 0.298 e. The number of nitrogens with zero attached hydrogens (tertiary/aromatic N) is 2. The summed E-state index contributed by atoms with van der Waals surface area (Å²) in [7, 11) is 0. The van der Waals surface area contributed by atoms with Gasteiger partial charge in [0.1, 0.15) is 0 Å². The average Bonchev–Trinajstić information content (AvgIpc) is 2.36. The van der Waals surface area contributed by atoms with E-state index in [1.807, 2.05) is 11.8 Å². The van der Waals surface area contributed by atoms with Gasteiger partial charge in [-0.2, -0.15) is 0 Å². The van der Waals surface area contributed by atoms with Crippen molar-refractivity contribution in [2.45, 2.75) is 13.3 Å². The molecule has 1 aliphatic heterocycles. The molecule has 0 spiro atoms. The number of carbonyl (C=O) groups is 2. The molecule has 1 N–H and O–H groups in total. The van der Waals surface area contributed by atoms with E-state index >= 15 is 0 Å². The van der Waals surface area contributed by atoms with Gasteiger partial charge in [-0.05, 0) is 12.3 Å². The second-order valence-electron chi connectivity index (χ2n) is 4.06. The summed E-state index contributed by atoms with van der Waals surface area (Å²) in [5.41, 5.74) is 0. The highest BCUT2D eigenvalue weighted by Crippen LogP contribution is 2.01. The normalized spacial score (nSPS) is 16.4. The molecule has 0 aliphatic carbocycles. The van der Waals surface area contributed by atoms with Crippen molar-refractivity contribution in [3.8, 4) is 12.3 Å². The van der Waals surface area contributed by atoms with Crippen LogP contribution in [0.3, 0.4) is 0 Å². The smallest absolute Gasteiger partial charge is 0.298 e. The molecule has 1 heterocycles. The number of carbonyl (C=O) groups excluding carboxylic acids is 2. The molecule has 5 nitrogen and oxygen atoms in total. The molecular weight excluding hydrogens is 218 g/mol. The molecule has 94 valence electrons. The van der Waals surface area contributed by atoms with Gasteiger partial charge in [-0.3, -0.25) is 14.5 Å². The fourth-order valence-corrected chi connectivity index (χ4v) is 1.72. The Morgan fingerprint density at radius 3 is 2.47 bits per heavy atom. The van der Waals surface area contributed by atoms with Gasteiger partial charge in [-0.1, -0.05) is 6.92 Å². The van der Waals surface area contributed by atoms with E-state index in [1.54, 1.807) is 4.90 Å². The molecule has 1 fully saturated rings. The first-order valence-corrected chi connectivity index (χ1v) is 5.92. The fraction of sp³-hybridized carbons (Fsp3) is 0.667. The monoisotopic (exact) mass is 237 g/mol. The Hall–Kier alpha value is -1.54. The van der Waals surface area contributed by atoms with Crippen LogP contribution in [0.4, 0.5) is 0 Å². The average molecular weight is 237 g/mol. The molecule has 1 rings (SSSR count). The van der Waals surface area contributed by atoms with Crippen molar-refractivity contribution in [3.05, 3.63) is 0 Å². The Bertz CT molecular complexity index is 314. The first kappa shape index (κ1) is 13.5. The molecule has 0 aromatic rings. The molecule has 1 aliphatic rings. The standard InChI is InChI=1S/C12H19N3O2/c1-3-5-13-11(16)10-14-6-8-15(9-7-14)12(17)4-2/h2H,3,5-10H2,1H3,(H,13,16). The summed E-state index contributed by atoms with van der Waals surface area (Å²) in [5.74, 6) is 1.89. The summed E-state index contributed by atoms with van der Waals surface area (Å²) in [5, 5.41) is 2.83. The molecule has 0 aromatic carbocycles. The summed E-state index contributed by atoms with van der Waals surface area (Å²) in [6, 6.07) is 0. The van der Waals surface area contributed by atoms with Crippen LogP contribution in [0.5, 0.6) is 0 Å². The highest BCUT2D eigenvalue weighted by molar-refractivity contribution is 5.92. The summed E-state index contributed by atoms with van der Waals surface area (Å²) < 4.78 is 0. The van der Waals surface area contributed by atoms with E-state index in [1.165, 1.54) is 0 Å². The van der Waals surface area contributed by atoms with Crippen molar-refractivity contribution in [1.82, 2.24) is 15.1 Å². The van der Waals surface area contributed by atoms with Crippen LogP contribution in [0.1, 0.15) is 13.3 Å². The van der Waals surface area contributed by atoms with E-state index in [9.17, 15) is 9.59 Å². The second-order valence-corrected chi connectivity index (χ2v) is 4.06. The van der Waals surface area contributed by atoms with E-state index < -0.39 is 0 Å². The molecule has 0 unspecified atom stereocenters. The topological polar surface area (TPSA) is 52.7 Å². The second kappa shape index (κ2) is 6.92. The highest BCUT2D eigenvalue weighted by atomic mass is 16.2. The Morgan fingerprint density at radius 2 is 1.94 bits per heavy atom. The third-order valence-corrected chi connectivity index (χ3v) is 2.72. The Kier molecular flexibility index (Phi) is 5.50. The van der Waals surface area contributed by atoms with Crippen LogP contribution in [0.15, 0.2) is 0 Å². The zero-order chi connectivity index (χ0) is 12.7. The van der Waals surface area contributed by atoms with Gasteiger partial charge in [0.25, 0.3) is 5.91 Å². The lowest BCUT2D eigenvalue weighted by Gasteiger charge is -2.33. The summed E-state index contributed by atoms with van der Waals surface area (Å²) in [6.45, 7) is 5.74. The zero-order valence-corrected chi connectivity index (χ0v) is 10.2. The van der Waals surface area contributed by atoms with E-state index in [0.29, 0.717) is 39.3 Å². The van der Waals surface area contributed by atoms with Gasteiger partial charge in [-0.15, -0.1) is 6.42 Å². The van der Waals surface area contributed by atoms with Gasteiger partial charge in [0.05, 0.1) is 6.54 Å². The van der Waals surface area contributed by atoms with Crippen molar-refractivity contribution in [3.63, 3.8) is 0 Å². The van der Waals surface area contributed by atoms with E-state index in [4.69, 9.17) is 6.42 Å². The largest absolute Gasteiger partial charge is 0.355 e. The van der Waals surface area contributed by atoms with Crippen LogP contribution >= 0.6 is 0 Å². The maximum atomic E-state index is 11.5. The van der Waals surface area contributed by atoms with Gasteiger partial charge in [0.15, 0.2) is 0 Å². The van der Waals surface area contributed by atoms with Crippen molar-refractivity contribution in [2.24, 2.45) is 0 Å². The Morgan fingerprint density at radius 1 is 1.29 bits per heavy atom. The number of nitrogens with one attached hydrogen (secondary N) is 1. The van der Waals surface area contributed by atoms with Crippen molar-refractivity contribution in [2.75, 3.05) is 39.3 Å². The number of piperazine rings is 1. The number of amides is 2. The molecule has 0 radical (unpaired) electrons. The summed E-state index contributed by atoms with van der Waals surface area (Å²) in [6.07, 6.45) is 5.99. The first-order valence-electron chi connectivity index (χ1n) is 5.92. The van der Waals surface area contributed by atoms with Crippen LogP contribution in [0, 0.1) is 12.3 Å². The van der Waals surface area contributed by atoms with E-state index in [0.717, 1.165) is 6.42 Å². The van der Waals surface area contributed by atoms with Crippen LogP contribution in [-0.2, 0) is 9.59 Å². The van der Waals surface area contributed by atoms with Gasteiger partial charge in [-0.25, -0.2) is 0 Å². The van der Waals surface area contributed by atoms with Crippen LogP contribution in [0.25, 0.3) is 0 Å². The van der Waals surface area contributed by atoms with E-state index in [-0.39, 0.29) is 11.8 Å². The molecule has 5 heteroatoms.